The molecule has 1 aromatic carbocycles. The Bertz CT molecular complexity index is 680. The molecule has 0 aliphatic heterocycles. The van der Waals surface area contributed by atoms with E-state index in [4.69, 9.17) is 4.53 Å². The zero-order chi connectivity index (χ0) is 17.4. The summed E-state index contributed by atoms with van der Waals surface area (Å²) >= 11 is 0. The minimum atomic E-state index is -1.88. The molecule has 1 aromatic heterocycles. The first-order valence-corrected chi connectivity index (χ1v) is 11.4. The van der Waals surface area contributed by atoms with Crippen molar-refractivity contribution >= 4 is 19.2 Å². The molecule has 1 N–H and O–H groups in total. The predicted octanol–water partition coefficient (Wildman–Crippen LogP) is 4.70. The SMILES string of the molecule is Cc1cn(O[Si](C)(C)C(C)(C)C)c2cccc(CCC(C)O)c12. The van der Waals surface area contributed by atoms with E-state index in [-0.39, 0.29) is 11.1 Å². The number of benzene rings is 1. The van der Waals surface area contributed by atoms with Gasteiger partial charge in [-0.25, -0.2) is 4.73 Å². The first kappa shape index (κ1) is 18.1. The molecule has 0 bridgehead atoms. The van der Waals surface area contributed by atoms with Crippen LogP contribution in [0.2, 0.25) is 18.1 Å². The standard InChI is InChI=1S/C19H31NO2Si/c1-14-13-20(22-23(6,7)19(3,4)5)17-10-8-9-16(18(14)17)12-11-15(2)21/h8-10,13,15,21H,11-12H2,1-7H3. The maximum Gasteiger partial charge on any atom is 0.284 e. The van der Waals surface area contributed by atoms with Gasteiger partial charge in [-0.2, -0.15) is 0 Å². The van der Waals surface area contributed by atoms with E-state index >= 15 is 0 Å². The Hall–Kier alpha value is -1.26. The zero-order valence-electron chi connectivity index (χ0n) is 15.6. The van der Waals surface area contributed by atoms with Gasteiger partial charge in [-0.15, -0.1) is 0 Å². The summed E-state index contributed by atoms with van der Waals surface area (Å²) in [6, 6.07) is 6.38. The fourth-order valence-electron chi connectivity index (χ4n) is 2.57. The maximum atomic E-state index is 9.58. The second-order valence-electron chi connectivity index (χ2n) is 8.19. The number of hydrogen-bond donors (Lipinski definition) is 1. The lowest BCUT2D eigenvalue weighted by Crippen LogP contribution is -2.47. The van der Waals surface area contributed by atoms with Crippen molar-refractivity contribution in [2.45, 2.75) is 71.7 Å². The lowest BCUT2D eigenvalue weighted by molar-refractivity contribution is 0.185. The van der Waals surface area contributed by atoms with Crippen molar-refractivity contribution in [3.8, 4) is 0 Å². The normalized spacial score (nSPS) is 14.3. The second-order valence-corrected chi connectivity index (χ2v) is 12.9. The van der Waals surface area contributed by atoms with Crippen molar-refractivity contribution in [3.05, 3.63) is 35.5 Å². The van der Waals surface area contributed by atoms with E-state index in [1.54, 1.807) is 0 Å². The van der Waals surface area contributed by atoms with E-state index in [2.05, 4.69) is 65.2 Å². The van der Waals surface area contributed by atoms with E-state index in [0.717, 1.165) is 18.4 Å². The molecule has 0 amide bonds. The van der Waals surface area contributed by atoms with E-state index in [1.165, 1.54) is 16.5 Å². The third-order valence-corrected chi connectivity index (χ3v) is 9.30. The van der Waals surface area contributed by atoms with Crippen LogP contribution in [-0.4, -0.2) is 24.3 Å². The van der Waals surface area contributed by atoms with E-state index < -0.39 is 8.32 Å². The highest BCUT2D eigenvalue weighted by atomic mass is 28.4. The Labute approximate surface area is 141 Å². The second kappa shape index (κ2) is 6.33. The van der Waals surface area contributed by atoms with Crippen LogP contribution in [0.4, 0.5) is 0 Å². The van der Waals surface area contributed by atoms with Crippen LogP contribution in [0.15, 0.2) is 24.4 Å². The topological polar surface area (TPSA) is 34.4 Å². The van der Waals surface area contributed by atoms with Gasteiger partial charge in [0, 0.05) is 11.6 Å². The highest BCUT2D eigenvalue weighted by Crippen LogP contribution is 2.36. The Morgan fingerprint density at radius 2 is 1.91 bits per heavy atom. The van der Waals surface area contributed by atoms with Crippen molar-refractivity contribution in [2.75, 3.05) is 0 Å². The molecule has 0 radical (unpaired) electrons. The van der Waals surface area contributed by atoms with Crippen molar-refractivity contribution < 1.29 is 9.63 Å². The summed E-state index contributed by atoms with van der Waals surface area (Å²) < 4.78 is 8.47. The molecule has 0 fully saturated rings. The van der Waals surface area contributed by atoms with Crippen molar-refractivity contribution in [2.24, 2.45) is 0 Å². The molecule has 0 aliphatic carbocycles. The van der Waals surface area contributed by atoms with Crippen LogP contribution in [0.3, 0.4) is 0 Å². The van der Waals surface area contributed by atoms with Gasteiger partial charge in [0.1, 0.15) is 0 Å². The maximum absolute atomic E-state index is 9.58. The molecule has 3 nitrogen and oxygen atoms in total. The van der Waals surface area contributed by atoms with E-state index in [0.29, 0.717) is 0 Å². The van der Waals surface area contributed by atoms with Crippen molar-refractivity contribution in [3.63, 3.8) is 0 Å². The molecule has 4 heteroatoms. The third-order valence-electron chi connectivity index (χ3n) is 5.04. The molecule has 2 aromatic rings. The zero-order valence-corrected chi connectivity index (χ0v) is 16.6. The van der Waals surface area contributed by atoms with Crippen LogP contribution in [-0.2, 0) is 6.42 Å². The van der Waals surface area contributed by atoms with Gasteiger partial charge in [0.2, 0.25) is 0 Å². The van der Waals surface area contributed by atoms with E-state index in [9.17, 15) is 5.11 Å². The minimum absolute atomic E-state index is 0.168. The van der Waals surface area contributed by atoms with Crippen LogP contribution in [0.25, 0.3) is 10.9 Å². The van der Waals surface area contributed by atoms with E-state index in [1.807, 2.05) is 11.7 Å². The molecule has 128 valence electrons. The first-order valence-electron chi connectivity index (χ1n) is 8.50. The molecule has 23 heavy (non-hydrogen) atoms. The number of hydrogen-bond acceptors (Lipinski definition) is 2. The summed E-state index contributed by atoms with van der Waals surface area (Å²) in [5.41, 5.74) is 3.66. The number of aromatic nitrogens is 1. The molecule has 0 saturated carbocycles. The average molecular weight is 334 g/mol. The summed E-state index contributed by atoms with van der Waals surface area (Å²) in [6.07, 6.45) is 3.51. The predicted molar refractivity (Wildman–Crippen MR) is 100 cm³/mol. The first-order chi connectivity index (χ1) is 10.5. The Morgan fingerprint density at radius 1 is 1.26 bits per heavy atom. The fourth-order valence-corrected chi connectivity index (χ4v) is 3.48. The lowest BCUT2D eigenvalue weighted by atomic mass is 10.0. The molecule has 0 aliphatic rings. The van der Waals surface area contributed by atoms with Crippen LogP contribution >= 0.6 is 0 Å². The summed E-state index contributed by atoms with van der Waals surface area (Å²) in [5.74, 6) is 0. The third kappa shape index (κ3) is 3.81. The molecular formula is C19H31NO2Si. The Kier molecular flexibility index (Phi) is 4.97. The van der Waals surface area contributed by atoms with Crippen LogP contribution in [0.1, 0.15) is 45.2 Å². The summed E-state index contributed by atoms with van der Waals surface area (Å²) in [4.78, 5) is 0. The average Bonchev–Trinajstić information content (AvgIpc) is 2.72. The smallest absolute Gasteiger partial charge is 0.284 e. The number of nitrogens with zero attached hydrogens (tertiary/aromatic N) is 1. The molecule has 1 unspecified atom stereocenters. The van der Waals surface area contributed by atoms with Gasteiger partial charge < -0.3 is 9.63 Å². The van der Waals surface area contributed by atoms with Crippen molar-refractivity contribution in [1.82, 2.24) is 4.73 Å². The molecular weight excluding hydrogens is 302 g/mol. The lowest BCUT2D eigenvalue weighted by Gasteiger charge is -2.36. The van der Waals surface area contributed by atoms with Gasteiger partial charge in [-0.3, -0.25) is 0 Å². The van der Waals surface area contributed by atoms with Gasteiger partial charge in [-0.1, -0.05) is 32.9 Å². The number of aryl methyl sites for hydroxylation is 2. The van der Waals surface area contributed by atoms with Gasteiger partial charge in [0.15, 0.2) is 0 Å². The number of aliphatic hydroxyl groups is 1. The molecule has 1 atom stereocenters. The van der Waals surface area contributed by atoms with Gasteiger partial charge in [-0.05, 0) is 62.0 Å². The summed E-state index contributed by atoms with van der Waals surface area (Å²) in [7, 11) is -1.88. The molecule has 1 heterocycles. The minimum Gasteiger partial charge on any atom is -0.469 e. The molecule has 0 saturated heterocycles. The van der Waals surface area contributed by atoms with Crippen molar-refractivity contribution in [1.29, 1.82) is 0 Å². The monoisotopic (exact) mass is 333 g/mol. The van der Waals surface area contributed by atoms with Gasteiger partial charge in [0.05, 0.1) is 11.6 Å². The fraction of sp³-hybridized carbons (Fsp3) is 0.579. The number of fused-ring (bicyclic) bond motifs is 1. The Balaban J connectivity index is 2.43. The largest absolute Gasteiger partial charge is 0.469 e. The molecule has 0 spiro atoms. The van der Waals surface area contributed by atoms with Crippen LogP contribution in [0, 0.1) is 6.92 Å². The van der Waals surface area contributed by atoms with Crippen LogP contribution in [0.5, 0.6) is 0 Å². The van der Waals surface area contributed by atoms with Gasteiger partial charge >= 0.3 is 0 Å². The Morgan fingerprint density at radius 3 is 2.48 bits per heavy atom. The number of aliphatic hydroxyl groups excluding tert-OH is 1. The quantitative estimate of drug-likeness (QED) is 0.805. The molecule has 2 rings (SSSR count). The highest BCUT2D eigenvalue weighted by Gasteiger charge is 2.40. The summed E-state index contributed by atoms with van der Waals surface area (Å²) in [5, 5.41) is 11.0. The summed E-state index contributed by atoms with van der Waals surface area (Å²) in [6.45, 7) is 15.3. The number of rotatable bonds is 5. The highest BCUT2D eigenvalue weighted by molar-refractivity contribution is 6.74. The van der Waals surface area contributed by atoms with Gasteiger partial charge in [0.25, 0.3) is 8.32 Å². The van der Waals surface area contributed by atoms with Crippen LogP contribution < -0.4 is 4.53 Å².